The maximum Gasteiger partial charge on any atom is 0.240 e. The molecular weight excluding hydrogens is 260 g/mol. The smallest absolute Gasteiger partial charge is 0.240 e. The summed E-state index contributed by atoms with van der Waals surface area (Å²) in [5, 5.41) is 5.12. The van der Waals surface area contributed by atoms with E-state index in [-0.39, 0.29) is 5.91 Å². The van der Waals surface area contributed by atoms with E-state index in [4.69, 9.17) is 0 Å². The van der Waals surface area contributed by atoms with Crippen LogP contribution in [0.15, 0.2) is 42.0 Å². The molecule has 1 aliphatic rings. The van der Waals surface area contributed by atoms with Crippen LogP contribution in [-0.4, -0.2) is 21.2 Å². The summed E-state index contributed by atoms with van der Waals surface area (Å²) in [5.41, 5.74) is 3.38. The van der Waals surface area contributed by atoms with E-state index in [0.717, 1.165) is 15.6 Å². The second kappa shape index (κ2) is 5.19. The van der Waals surface area contributed by atoms with Crippen LogP contribution in [0.5, 0.6) is 0 Å². The predicted octanol–water partition coefficient (Wildman–Crippen LogP) is 2.21. The van der Waals surface area contributed by atoms with Crippen molar-refractivity contribution in [1.29, 1.82) is 0 Å². The molecular formula is C13H12N4OS. The van der Waals surface area contributed by atoms with E-state index in [1.165, 1.54) is 0 Å². The van der Waals surface area contributed by atoms with E-state index in [1.54, 1.807) is 23.9 Å². The highest BCUT2D eigenvalue weighted by molar-refractivity contribution is 7.15. The molecule has 0 saturated heterocycles. The van der Waals surface area contributed by atoms with Gasteiger partial charge in [-0.15, -0.1) is 11.3 Å². The van der Waals surface area contributed by atoms with Gasteiger partial charge in [0.05, 0.1) is 12.0 Å². The predicted molar refractivity (Wildman–Crippen MR) is 75.3 cm³/mol. The standard InChI is InChI=1S/C13H12N4OS/c18-12-5-2-10(15-16-12)1-3-11-4-6-13(19-11)17-8-7-14-9-17/h1,3-4,6-9H,2,5H2,(H,16,18)/b3-1+. The van der Waals surface area contributed by atoms with Crippen molar-refractivity contribution >= 4 is 29.0 Å². The number of thiophene rings is 1. The van der Waals surface area contributed by atoms with Crippen molar-refractivity contribution in [3.63, 3.8) is 0 Å². The van der Waals surface area contributed by atoms with Crippen LogP contribution in [0.1, 0.15) is 17.7 Å². The first-order chi connectivity index (χ1) is 9.31. The molecule has 3 rings (SSSR count). The minimum absolute atomic E-state index is 0.0179. The van der Waals surface area contributed by atoms with Gasteiger partial charge < -0.3 is 0 Å². The highest BCUT2D eigenvalue weighted by atomic mass is 32.1. The van der Waals surface area contributed by atoms with Gasteiger partial charge in [-0.1, -0.05) is 0 Å². The molecule has 0 aromatic carbocycles. The average molecular weight is 272 g/mol. The molecule has 6 heteroatoms. The summed E-state index contributed by atoms with van der Waals surface area (Å²) in [6.45, 7) is 0. The molecule has 0 aliphatic carbocycles. The number of hydrazone groups is 1. The molecule has 1 N–H and O–H groups in total. The number of nitrogens with one attached hydrogen (secondary N) is 1. The Kier molecular flexibility index (Phi) is 3.24. The molecule has 0 radical (unpaired) electrons. The van der Waals surface area contributed by atoms with Gasteiger partial charge >= 0.3 is 0 Å². The Bertz CT molecular complexity index is 639. The lowest BCUT2D eigenvalue weighted by Gasteiger charge is -2.07. The topological polar surface area (TPSA) is 59.3 Å². The lowest BCUT2D eigenvalue weighted by Crippen LogP contribution is -2.24. The van der Waals surface area contributed by atoms with Gasteiger partial charge in [0.1, 0.15) is 5.00 Å². The highest BCUT2D eigenvalue weighted by Crippen LogP contribution is 2.21. The first-order valence-corrected chi connectivity index (χ1v) is 6.74. The quantitative estimate of drug-likeness (QED) is 0.931. The number of nitrogens with zero attached hydrogens (tertiary/aromatic N) is 3. The zero-order valence-electron chi connectivity index (χ0n) is 10.1. The molecule has 19 heavy (non-hydrogen) atoms. The lowest BCUT2D eigenvalue weighted by molar-refractivity contribution is -0.121. The number of amides is 1. The molecule has 96 valence electrons. The largest absolute Gasteiger partial charge is 0.298 e. The van der Waals surface area contributed by atoms with Crippen LogP contribution in [0.3, 0.4) is 0 Å². The number of hydrogen-bond acceptors (Lipinski definition) is 4. The van der Waals surface area contributed by atoms with Crippen LogP contribution in [0, 0.1) is 0 Å². The van der Waals surface area contributed by atoms with Crippen LogP contribution in [0.4, 0.5) is 0 Å². The van der Waals surface area contributed by atoms with Crippen LogP contribution in [0.25, 0.3) is 11.1 Å². The van der Waals surface area contributed by atoms with Crippen LogP contribution in [-0.2, 0) is 4.79 Å². The molecule has 1 amide bonds. The normalized spacial score (nSPS) is 15.6. The molecule has 1 aliphatic heterocycles. The second-order valence-corrected chi connectivity index (χ2v) is 5.21. The molecule has 5 nitrogen and oxygen atoms in total. The summed E-state index contributed by atoms with van der Waals surface area (Å²) in [4.78, 5) is 16.1. The molecule has 0 atom stereocenters. The van der Waals surface area contributed by atoms with Crippen molar-refractivity contribution in [3.8, 4) is 5.00 Å². The Morgan fingerprint density at radius 3 is 3.00 bits per heavy atom. The molecule has 0 saturated carbocycles. The zero-order valence-corrected chi connectivity index (χ0v) is 10.9. The van der Waals surface area contributed by atoms with E-state index in [9.17, 15) is 4.79 Å². The number of hydrogen-bond donors (Lipinski definition) is 1. The van der Waals surface area contributed by atoms with Gasteiger partial charge in [0.2, 0.25) is 5.91 Å². The van der Waals surface area contributed by atoms with E-state index in [1.807, 2.05) is 22.9 Å². The number of carbonyl (C=O) groups is 1. The maximum absolute atomic E-state index is 11.0. The Labute approximate surface area is 114 Å². The minimum Gasteiger partial charge on any atom is -0.298 e. The number of imidazole rings is 1. The minimum atomic E-state index is -0.0179. The van der Waals surface area contributed by atoms with Gasteiger partial charge in [-0.2, -0.15) is 5.10 Å². The Morgan fingerprint density at radius 1 is 1.32 bits per heavy atom. The summed E-state index contributed by atoms with van der Waals surface area (Å²) < 4.78 is 1.97. The van der Waals surface area contributed by atoms with Crippen LogP contribution < -0.4 is 5.43 Å². The van der Waals surface area contributed by atoms with Crippen molar-refractivity contribution < 1.29 is 4.79 Å². The van der Waals surface area contributed by atoms with Crippen molar-refractivity contribution in [3.05, 3.63) is 41.8 Å². The van der Waals surface area contributed by atoms with Gasteiger partial charge in [0, 0.05) is 30.1 Å². The number of aromatic nitrogens is 2. The zero-order chi connectivity index (χ0) is 13.1. The Morgan fingerprint density at radius 2 is 2.26 bits per heavy atom. The van der Waals surface area contributed by atoms with Crippen molar-refractivity contribution in [2.75, 3.05) is 0 Å². The maximum atomic E-state index is 11.0. The van der Waals surface area contributed by atoms with Crippen molar-refractivity contribution in [2.24, 2.45) is 5.10 Å². The lowest BCUT2D eigenvalue weighted by atomic mass is 10.1. The van der Waals surface area contributed by atoms with Gasteiger partial charge in [-0.3, -0.25) is 9.36 Å². The number of allylic oxidation sites excluding steroid dienone is 1. The number of carbonyl (C=O) groups excluding carboxylic acids is 1. The van der Waals surface area contributed by atoms with E-state index >= 15 is 0 Å². The Balaban J connectivity index is 1.72. The summed E-state index contributed by atoms with van der Waals surface area (Å²) in [5.74, 6) is -0.0179. The van der Waals surface area contributed by atoms with Crippen LogP contribution in [0.2, 0.25) is 0 Å². The first kappa shape index (κ1) is 11.9. The monoisotopic (exact) mass is 272 g/mol. The van der Waals surface area contributed by atoms with Crippen LogP contribution >= 0.6 is 11.3 Å². The molecule has 2 aromatic rings. The molecule has 2 aromatic heterocycles. The molecule has 0 bridgehead atoms. The van der Waals surface area contributed by atoms with Gasteiger partial charge in [-0.25, -0.2) is 10.4 Å². The highest BCUT2D eigenvalue weighted by Gasteiger charge is 2.08. The average Bonchev–Trinajstić information content (AvgIpc) is 3.09. The SMILES string of the molecule is O=C1CCC(/C=C/c2ccc(-n3ccnc3)s2)=NN1. The van der Waals surface area contributed by atoms with Gasteiger partial charge in [0.15, 0.2) is 0 Å². The van der Waals surface area contributed by atoms with Gasteiger partial charge in [0.25, 0.3) is 0 Å². The Hall–Kier alpha value is -2.21. The van der Waals surface area contributed by atoms with E-state index in [0.29, 0.717) is 12.8 Å². The van der Waals surface area contributed by atoms with Crippen molar-refractivity contribution in [1.82, 2.24) is 15.0 Å². The fourth-order valence-corrected chi connectivity index (χ4v) is 2.61. The number of rotatable bonds is 3. The first-order valence-electron chi connectivity index (χ1n) is 5.93. The summed E-state index contributed by atoms with van der Waals surface area (Å²) in [6, 6.07) is 4.11. The van der Waals surface area contributed by atoms with E-state index in [2.05, 4.69) is 27.6 Å². The second-order valence-electron chi connectivity index (χ2n) is 4.12. The third-order valence-electron chi connectivity index (χ3n) is 2.74. The van der Waals surface area contributed by atoms with E-state index < -0.39 is 0 Å². The fourth-order valence-electron chi connectivity index (χ4n) is 1.75. The third kappa shape index (κ3) is 2.79. The summed E-state index contributed by atoms with van der Waals surface area (Å²) in [7, 11) is 0. The molecule has 0 spiro atoms. The summed E-state index contributed by atoms with van der Waals surface area (Å²) in [6.07, 6.45) is 10.6. The fraction of sp³-hybridized carbons (Fsp3) is 0.154. The third-order valence-corrected chi connectivity index (χ3v) is 3.81. The molecule has 0 unspecified atom stereocenters. The molecule has 3 heterocycles. The summed E-state index contributed by atoms with van der Waals surface area (Å²) >= 11 is 1.67. The molecule has 0 fully saturated rings. The van der Waals surface area contributed by atoms with Crippen molar-refractivity contribution in [2.45, 2.75) is 12.8 Å². The van der Waals surface area contributed by atoms with Gasteiger partial charge in [-0.05, 0) is 24.3 Å².